The lowest BCUT2D eigenvalue weighted by Crippen LogP contribution is -2.46. The number of hydrogen-bond acceptors (Lipinski definition) is 4. The average molecular weight is 410 g/mol. The van der Waals surface area contributed by atoms with Crippen LogP contribution in [0.4, 0.5) is 11.4 Å². The van der Waals surface area contributed by atoms with E-state index in [-0.39, 0.29) is 12.5 Å². The number of hydrogen-bond donors (Lipinski definition) is 1. The summed E-state index contributed by atoms with van der Waals surface area (Å²) in [6, 6.07) is 12.3. The third-order valence-corrected chi connectivity index (χ3v) is 5.90. The summed E-state index contributed by atoms with van der Waals surface area (Å²) < 4.78 is 5.71. The minimum Gasteiger partial charge on any atom is -0.484 e. The maximum atomic E-state index is 12.4. The zero-order valence-corrected chi connectivity index (χ0v) is 19.0. The Balaban J connectivity index is 1.54. The van der Waals surface area contributed by atoms with Crippen molar-refractivity contribution in [1.29, 1.82) is 0 Å². The highest BCUT2D eigenvalue weighted by Gasteiger charge is 2.16. The lowest BCUT2D eigenvalue weighted by atomic mass is 9.98. The molecular weight excluding hydrogens is 374 g/mol. The number of likely N-dealkylation sites (N-methyl/N-ethyl adjacent to an activating group) is 1. The van der Waals surface area contributed by atoms with Crippen LogP contribution in [-0.4, -0.2) is 50.1 Å². The Kier molecular flexibility index (Phi) is 7.38. The molecule has 0 unspecified atom stereocenters. The van der Waals surface area contributed by atoms with Crippen LogP contribution in [-0.2, 0) is 4.79 Å². The quantitative estimate of drug-likeness (QED) is 0.727. The lowest BCUT2D eigenvalue weighted by Gasteiger charge is -2.35. The van der Waals surface area contributed by atoms with E-state index in [0.717, 1.165) is 49.7 Å². The van der Waals surface area contributed by atoms with Crippen LogP contribution in [0, 0.1) is 13.8 Å². The second-order valence-electron chi connectivity index (χ2n) is 8.43. The molecule has 2 aromatic carbocycles. The fourth-order valence-electron chi connectivity index (χ4n) is 4.03. The Hall–Kier alpha value is -2.53. The summed E-state index contributed by atoms with van der Waals surface area (Å²) in [5.74, 6) is 1.06. The summed E-state index contributed by atoms with van der Waals surface area (Å²) in [6.07, 6.45) is 0. The molecule has 0 bridgehead atoms. The fraction of sp³-hybridized carbons (Fsp3) is 0.480. The number of anilines is 2. The molecule has 1 fully saturated rings. The Morgan fingerprint density at radius 1 is 1.03 bits per heavy atom. The minimum absolute atomic E-state index is 0.000629. The van der Waals surface area contributed by atoms with Crippen LogP contribution < -0.4 is 15.0 Å². The summed E-state index contributed by atoms with van der Waals surface area (Å²) >= 11 is 0. The van der Waals surface area contributed by atoms with E-state index in [0.29, 0.717) is 5.92 Å². The van der Waals surface area contributed by atoms with Crippen molar-refractivity contribution in [3.05, 3.63) is 53.1 Å². The zero-order valence-electron chi connectivity index (χ0n) is 19.0. The Morgan fingerprint density at radius 3 is 2.37 bits per heavy atom. The molecule has 1 aliphatic rings. The van der Waals surface area contributed by atoms with Crippen molar-refractivity contribution in [2.45, 2.75) is 40.5 Å². The zero-order chi connectivity index (χ0) is 21.7. The Labute approximate surface area is 181 Å². The maximum Gasteiger partial charge on any atom is 0.262 e. The second-order valence-corrected chi connectivity index (χ2v) is 8.43. The first-order chi connectivity index (χ1) is 14.4. The predicted molar refractivity (Wildman–Crippen MR) is 125 cm³/mol. The number of rotatable bonds is 7. The smallest absolute Gasteiger partial charge is 0.262 e. The summed E-state index contributed by atoms with van der Waals surface area (Å²) in [4.78, 5) is 17.3. The van der Waals surface area contributed by atoms with Gasteiger partial charge in [-0.25, -0.2) is 0 Å². The van der Waals surface area contributed by atoms with Gasteiger partial charge in [-0.3, -0.25) is 4.79 Å². The SMILES string of the molecule is CCN1CCN(c2ccc(NC(=O)COc3ccc(C(C)C)c(C)c3)c(C)c2)CC1. The molecule has 1 amide bonds. The third-order valence-electron chi connectivity index (χ3n) is 5.90. The number of amides is 1. The summed E-state index contributed by atoms with van der Waals surface area (Å²) in [5.41, 5.74) is 5.62. The van der Waals surface area contributed by atoms with Gasteiger partial charge < -0.3 is 19.9 Å². The molecule has 2 aromatic rings. The van der Waals surface area contributed by atoms with Crippen molar-refractivity contribution in [2.24, 2.45) is 0 Å². The van der Waals surface area contributed by atoms with E-state index >= 15 is 0 Å². The minimum atomic E-state index is -0.145. The van der Waals surface area contributed by atoms with Gasteiger partial charge in [0, 0.05) is 37.6 Å². The van der Waals surface area contributed by atoms with E-state index in [9.17, 15) is 4.79 Å². The van der Waals surface area contributed by atoms with Gasteiger partial charge in [0.15, 0.2) is 6.61 Å². The highest BCUT2D eigenvalue weighted by molar-refractivity contribution is 5.92. The van der Waals surface area contributed by atoms with Gasteiger partial charge in [-0.05, 0) is 73.3 Å². The van der Waals surface area contributed by atoms with Gasteiger partial charge in [0.1, 0.15) is 5.75 Å². The van der Waals surface area contributed by atoms with E-state index in [4.69, 9.17) is 4.74 Å². The average Bonchev–Trinajstić information content (AvgIpc) is 2.73. The highest BCUT2D eigenvalue weighted by Crippen LogP contribution is 2.25. The molecule has 0 spiro atoms. The summed E-state index contributed by atoms with van der Waals surface area (Å²) in [7, 11) is 0. The molecule has 0 radical (unpaired) electrons. The van der Waals surface area contributed by atoms with Gasteiger partial charge in [-0.1, -0.05) is 26.8 Å². The standard InChI is InChI=1S/C25H35N3O2/c1-6-27-11-13-28(14-12-27)21-7-10-24(20(5)15-21)26-25(29)17-30-22-8-9-23(18(2)3)19(4)16-22/h7-10,15-16,18H,6,11-14,17H2,1-5H3,(H,26,29). The molecular formula is C25H35N3O2. The van der Waals surface area contributed by atoms with E-state index in [1.165, 1.54) is 16.8 Å². The number of carbonyl (C=O) groups excluding carboxylic acids is 1. The number of nitrogens with zero attached hydrogens (tertiary/aromatic N) is 2. The molecule has 1 N–H and O–H groups in total. The molecule has 0 saturated carbocycles. The van der Waals surface area contributed by atoms with E-state index in [2.05, 4.69) is 61.0 Å². The van der Waals surface area contributed by atoms with Crippen molar-refractivity contribution >= 4 is 17.3 Å². The van der Waals surface area contributed by atoms with Crippen molar-refractivity contribution in [3.63, 3.8) is 0 Å². The summed E-state index contributed by atoms with van der Waals surface area (Å²) in [5, 5.41) is 2.98. The van der Waals surface area contributed by atoms with Gasteiger partial charge in [-0.15, -0.1) is 0 Å². The van der Waals surface area contributed by atoms with Crippen molar-refractivity contribution in [2.75, 3.05) is 49.5 Å². The fourth-order valence-corrected chi connectivity index (χ4v) is 4.03. The molecule has 30 heavy (non-hydrogen) atoms. The van der Waals surface area contributed by atoms with E-state index in [1.807, 2.05) is 25.1 Å². The van der Waals surface area contributed by atoms with Crippen LogP contribution in [0.3, 0.4) is 0 Å². The third kappa shape index (κ3) is 5.54. The second kappa shape index (κ2) is 9.98. The van der Waals surface area contributed by atoms with Crippen molar-refractivity contribution in [3.8, 4) is 5.75 Å². The molecule has 1 heterocycles. The topological polar surface area (TPSA) is 44.8 Å². The number of piperazine rings is 1. The van der Waals surface area contributed by atoms with Gasteiger partial charge in [0.05, 0.1) is 0 Å². The number of nitrogens with one attached hydrogen (secondary N) is 1. The van der Waals surface area contributed by atoms with Gasteiger partial charge >= 0.3 is 0 Å². The van der Waals surface area contributed by atoms with Crippen LogP contribution in [0.1, 0.15) is 43.4 Å². The lowest BCUT2D eigenvalue weighted by molar-refractivity contribution is -0.118. The number of benzene rings is 2. The largest absolute Gasteiger partial charge is 0.484 e. The molecule has 1 aliphatic heterocycles. The van der Waals surface area contributed by atoms with Gasteiger partial charge in [0.25, 0.3) is 5.91 Å². The monoisotopic (exact) mass is 409 g/mol. The first-order valence-corrected chi connectivity index (χ1v) is 11.0. The number of aryl methyl sites for hydroxylation is 2. The normalized spacial score (nSPS) is 14.8. The highest BCUT2D eigenvalue weighted by atomic mass is 16.5. The molecule has 5 heteroatoms. The molecule has 1 saturated heterocycles. The molecule has 0 aromatic heterocycles. The number of ether oxygens (including phenoxy) is 1. The van der Waals surface area contributed by atoms with Crippen molar-refractivity contribution < 1.29 is 9.53 Å². The van der Waals surface area contributed by atoms with Crippen LogP contribution in [0.2, 0.25) is 0 Å². The first-order valence-electron chi connectivity index (χ1n) is 11.0. The van der Waals surface area contributed by atoms with Crippen LogP contribution >= 0.6 is 0 Å². The first kappa shape index (κ1) is 22.2. The van der Waals surface area contributed by atoms with Gasteiger partial charge in [-0.2, -0.15) is 0 Å². The van der Waals surface area contributed by atoms with E-state index in [1.54, 1.807) is 0 Å². The Bertz CT molecular complexity index is 871. The molecule has 5 nitrogen and oxygen atoms in total. The summed E-state index contributed by atoms with van der Waals surface area (Å²) in [6.45, 7) is 16.1. The molecule has 0 atom stereocenters. The maximum absolute atomic E-state index is 12.4. The van der Waals surface area contributed by atoms with Crippen LogP contribution in [0.25, 0.3) is 0 Å². The van der Waals surface area contributed by atoms with Crippen molar-refractivity contribution in [1.82, 2.24) is 4.90 Å². The van der Waals surface area contributed by atoms with Crippen LogP contribution in [0.5, 0.6) is 5.75 Å². The number of carbonyl (C=O) groups is 1. The van der Waals surface area contributed by atoms with Gasteiger partial charge in [0.2, 0.25) is 0 Å². The Morgan fingerprint density at radius 2 is 1.77 bits per heavy atom. The predicted octanol–water partition coefficient (Wildman–Crippen LogP) is 4.59. The van der Waals surface area contributed by atoms with Crippen LogP contribution in [0.15, 0.2) is 36.4 Å². The molecule has 162 valence electrons. The molecule has 0 aliphatic carbocycles. The molecule has 3 rings (SSSR count). The van der Waals surface area contributed by atoms with E-state index < -0.39 is 0 Å².